The molecule has 0 bridgehead atoms. The molecule has 2 atom stereocenters. The molecule has 2 nitrogen and oxygen atoms in total. The lowest BCUT2D eigenvalue weighted by atomic mass is 10.1. The van der Waals surface area contributed by atoms with Crippen molar-refractivity contribution in [2.45, 2.75) is 32.2 Å². The third-order valence-electron chi connectivity index (χ3n) is 3.28. The number of carbonyl (C=O) groups is 1. The summed E-state index contributed by atoms with van der Waals surface area (Å²) in [5.41, 5.74) is -0.295. The van der Waals surface area contributed by atoms with E-state index in [2.05, 4.69) is 12.2 Å². The van der Waals surface area contributed by atoms with Gasteiger partial charge in [-0.25, -0.2) is 8.78 Å². The molecule has 98 valence electrons. The first-order valence-electron chi connectivity index (χ1n) is 5.92. The fourth-order valence-corrected chi connectivity index (χ4v) is 2.45. The van der Waals surface area contributed by atoms with Crippen LogP contribution < -0.4 is 5.32 Å². The minimum absolute atomic E-state index is 0.0469. The average molecular weight is 274 g/mol. The van der Waals surface area contributed by atoms with Crippen molar-refractivity contribution < 1.29 is 13.6 Å². The van der Waals surface area contributed by atoms with Gasteiger partial charge in [0.25, 0.3) is 5.91 Å². The fraction of sp³-hybridized carbons (Fsp3) is 0.462. The van der Waals surface area contributed by atoms with Crippen LogP contribution in [0.5, 0.6) is 0 Å². The molecule has 18 heavy (non-hydrogen) atoms. The van der Waals surface area contributed by atoms with E-state index >= 15 is 0 Å². The Morgan fingerprint density at radius 2 is 2.06 bits per heavy atom. The van der Waals surface area contributed by atoms with Crippen molar-refractivity contribution in [1.29, 1.82) is 0 Å². The molecule has 0 spiro atoms. The van der Waals surface area contributed by atoms with Crippen molar-refractivity contribution in [2.24, 2.45) is 5.92 Å². The topological polar surface area (TPSA) is 29.1 Å². The van der Waals surface area contributed by atoms with Crippen molar-refractivity contribution >= 4 is 17.5 Å². The standard InChI is InChI=1S/C13H14ClF2NO/c1-7-2-3-8(4-7)17-13(18)9-5-12(16)10(14)6-11(9)15/h5-8H,2-4H2,1H3,(H,17,18). The van der Waals surface area contributed by atoms with Crippen LogP contribution in [-0.2, 0) is 0 Å². The van der Waals surface area contributed by atoms with Crippen LogP contribution in [0.15, 0.2) is 12.1 Å². The van der Waals surface area contributed by atoms with Crippen LogP contribution >= 0.6 is 11.6 Å². The van der Waals surface area contributed by atoms with Gasteiger partial charge in [-0.05, 0) is 37.3 Å². The lowest BCUT2D eigenvalue weighted by Gasteiger charge is -2.13. The monoisotopic (exact) mass is 273 g/mol. The second-order valence-electron chi connectivity index (χ2n) is 4.83. The molecule has 5 heteroatoms. The van der Waals surface area contributed by atoms with E-state index in [0.717, 1.165) is 31.4 Å². The Morgan fingerprint density at radius 1 is 1.33 bits per heavy atom. The zero-order valence-electron chi connectivity index (χ0n) is 9.97. The largest absolute Gasteiger partial charge is 0.349 e. The first-order valence-corrected chi connectivity index (χ1v) is 6.30. The van der Waals surface area contributed by atoms with E-state index in [9.17, 15) is 13.6 Å². The molecule has 1 fully saturated rings. The number of nitrogens with one attached hydrogen (secondary N) is 1. The Kier molecular flexibility index (Phi) is 3.85. The Balaban J connectivity index is 2.11. The normalized spacial score (nSPS) is 23.1. The minimum atomic E-state index is -0.801. The number of amides is 1. The molecule has 1 saturated carbocycles. The van der Waals surface area contributed by atoms with Gasteiger partial charge in [-0.3, -0.25) is 4.79 Å². The zero-order chi connectivity index (χ0) is 13.3. The first kappa shape index (κ1) is 13.3. The maximum absolute atomic E-state index is 13.5. The smallest absolute Gasteiger partial charge is 0.254 e. The molecule has 1 aliphatic carbocycles. The van der Waals surface area contributed by atoms with Gasteiger partial charge >= 0.3 is 0 Å². The number of hydrogen-bond donors (Lipinski definition) is 1. The summed E-state index contributed by atoms with van der Waals surface area (Å²) in [5, 5.41) is 2.40. The summed E-state index contributed by atoms with van der Waals surface area (Å²) in [5.74, 6) is -1.61. The second kappa shape index (κ2) is 5.22. The van der Waals surface area contributed by atoms with E-state index in [1.54, 1.807) is 0 Å². The Hall–Kier alpha value is -1.16. The molecule has 1 aromatic rings. The molecule has 2 unspecified atom stereocenters. The average Bonchev–Trinajstić information content (AvgIpc) is 2.69. The summed E-state index contributed by atoms with van der Waals surface area (Å²) in [6.45, 7) is 2.11. The van der Waals surface area contributed by atoms with Crippen LogP contribution in [0.2, 0.25) is 5.02 Å². The van der Waals surface area contributed by atoms with Crippen molar-refractivity contribution in [2.75, 3.05) is 0 Å². The number of hydrogen-bond acceptors (Lipinski definition) is 1. The van der Waals surface area contributed by atoms with E-state index in [-0.39, 0.29) is 16.6 Å². The van der Waals surface area contributed by atoms with Crippen molar-refractivity contribution in [3.8, 4) is 0 Å². The van der Waals surface area contributed by atoms with Gasteiger partial charge in [0.2, 0.25) is 0 Å². The summed E-state index contributed by atoms with van der Waals surface area (Å²) < 4.78 is 26.7. The summed E-state index contributed by atoms with van der Waals surface area (Å²) in [7, 11) is 0. The molecule has 0 aromatic heterocycles. The highest BCUT2D eigenvalue weighted by Crippen LogP contribution is 2.25. The lowest BCUT2D eigenvalue weighted by Crippen LogP contribution is -2.33. The van der Waals surface area contributed by atoms with Gasteiger partial charge in [-0.2, -0.15) is 0 Å². The van der Waals surface area contributed by atoms with E-state index in [1.807, 2.05) is 0 Å². The molecular formula is C13H14ClF2NO. The van der Waals surface area contributed by atoms with Crippen LogP contribution in [0.3, 0.4) is 0 Å². The maximum atomic E-state index is 13.5. The Bertz CT molecular complexity index is 478. The number of benzene rings is 1. The zero-order valence-corrected chi connectivity index (χ0v) is 10.7. The van der Waals surface area contributed by atoms with Crippen LogP contribution in [0, 0.1) is 17.6 Å². The van der Waals surface area contributed by atoms with Crippen LogP contribution in [0.25, 0.3) is 0 Å². The fourth-order valence-electron chi connectivity index (χ4n) is 2.30. The summed E-state index contributed by atoms with van der Waals surface area (Å²) in [4.78, 5) is 11.8. The highest BCUT2D eigenvalue weighted by Gasteiger charge is 2.24. The molecule has 2 rings (SSSR count). The predicted octanol–water partition coefficient (Wildman–Crippen LogP) is 3.54. The van der Waals surface area contributed by atoms with Gasteiger partial charge in [0, 0.05) is 6.04 Å². The number of carbonyl (C=O) groups excluding carboxylic acids is 1. The summed E-state index contributed by atoms with van der Waals surface area (Å²) >= 11 is 5.43. The molecule has 0 heterocycles. The summed E-state index contributed by atoms with van der Waals surface area (Å²) in [6, 6.07) is 1.71. The summed E-state index contributed by atoms with van der Waals surface area (Å²) in [6.07, 6.45) is 2.80. The van der Waals surface area contributed by atoms with Crippen LogP contribution in [0.4, 0.5) is 8.78 Å². The molecular weight excluding hydrogens is 260 g/mol. The van der Waals surface area contributed by atoms with E-state index in [0.29, 0.717) is 5.92 Å². The van der Waals surface area contributed by atoms with Crippen LogP contribution in [0.1, 0.15) is 36.5 Å². The predicted molar refractivity (Wildman–Crippen MR) is 65.6 cm³/mol. The third-order valence-corrected chi connectivity index (χ3v) is 3.57. The molecule has 1 aromatic carbocycles. The highest BCUT2D eigenvalue weighted by atomic mass is 35.5. The van der Waals surface area contributed by atoms with Crippen molar-refractivity contribution in [1.82, 2.24) is 5.32 Å². The lowest BCUT2D eigenvalue weighted by molar-refractivity contribution is 0.0932. The van der Waals surface area contributed by atoms with E-state index in [1.165, 1.54) is 0 Å². The van der Waals surface area contributed by atoms with Gasteiger partial charge in [0.05, 0.1) is 10.6 Å². The SMILES string of the molecule is CC1CCC(NC(=O)c2cc(F)c(Cl)cc2F)C1. The second-order valence-corrected chi connectivity index (χ2v) is 5.24. The van der Waals surface area contributed by atoms with E-state index in [4.69, 9.17) is 11.6 Å². The molecule has 0 aliphatic heterocycles. The Morgan fingerprint density at radius 3 is 2.67 bits per heavy atom. The first-order chi connectivity index (χ1) is 8.47. The van der Waals surface area contributed by atoms with Crippen molar-refractivity contribution in [3.63, 3.8) is 0 Å². The molecule has 1 N–H and O–H groups in total. The number of rotatable bonds is 2. The molecule has 0 radical (unpaired) electrons. The molecule has 1 aliphatic rings. The quantitative estimate of drug-likeness (QED) is 0.821. The third kappa shape index (κ3) is 2.80. The highest BCUT2D eigenvalue weighted by molar-refractivity contribution is 6.30. The minimum Gasteiger partial charge on any atom is -0.349 e. The molecule has 0 saturated heterocycles. The van der Waals surface area contributed by atoms with E-state index < -0.39 is 17.5 Å². The Labute approximate surface area is 109 Å². The van der Waals surface area contributed by atoms with Crippen LogP contribution in [-0.4, -0.2) is 11.9 Å². The van der Waals surface area contributed by atoms with Gasteiger partial charge in [-0.1, -0.05) is 18.5 Å². The van der Waals surface area contributed by atoms with Gasteiger partial charge in [0.15, 0.2) is 0 Å². The van der Waals surface area contributed by atoms with Gasteiger partial charge < -0.3 is 5.32 Å². The number of halogens is 3. The van der Waals surface area contributed by atoms with Gasteiger partial charge in [0.1, 0.15) is 11.6 Å². The van der Waals surface area contributed by atoms with Gasteiger partial charge in [-0.15, -0.1) is 0 Å². The maximum Gasteiger partial charge on any atom is 0.254 e. The van der Waals surface area contributed by atoms with Crippen molar-refractivity contribution in [3.05, 3.63) is 34.4 Å². The molecule has 1 amide bonds.